The fraction of sp³-hybridized carbons (Fsp3) is 0.167. The fourth-order valence-electron chi connectivity index (χ4n) is 3.21. The minimum absolute atomic E-state index is 0.119. The number of ether oxygens (including phenoxy) is 1. The highest BCUT2D eigenvalue weighted by molar-refractivity contribution is 7.16. The number of rotatable bonds is 8. The molecule has 1 unspecified atom stereocenters. The van der Waals surface area contributed by atoms with Gasteiger partial charge in [0, 0.05) is 28.6 Å². The van der Waals surface area contributed by atoms with Crippen LogP contribution in [0.1, 0.15) is 21.5 Å². The maximum Gasteiger partial charge on any atom is 0.246 e. The first-order chi connectivity index (χ1) is 15.1. The normalized spacial score (nSPS) is 11.8. The average Bonchev–Trinajstić information content (AvgIpc) is 3.44. The van der Waals surface area contributed by atoms with Gasteiger partial charge in [-0.15, -0.1) is 22.7 Å². The molecule has 158 valence electrons. The van der Waals surface area contributed by atoms with Crippen LogP contribution in [-0.2, 0) is 11.3 Å². The lowest BCUT2D eigenvalue weighted by Crippen LogP contribution is -2.32. The van der Waals surface area contributed by atoms with Crippen molar-refractivity contribution in [1.29, 1.82) is 0 Å². The van der Waals surface area contributed by atoms with Gasteiger partial charge >= 0.3 is 0 Å². The quantitative estimate of drug-likeness (QED) is 0.364. The number of methoxy groups -OCH3 is 1. The number of aromatic nitrogens is 1. The van der Waals surface area contributed by atoms with Crippen LogP contribution in [0.25, 0.3) is 10.6 Å². The van der Waals surface area contributed by atoms with Gasteiger partial charge in [0.15, 0.2) is 0 Å². The Morgan fingerprint density at radius 2 is 1.94 bits per heavy atom. The number of hydrogen-bond donors (Lipinski definition) is 2. The Morgan fingerprint density at radius 3 is 2.68 bits per heavy atom. The zero-order valence-corrected chi connectivity index (χ0v) is 18.9. The van der Waals surface area contributed by atoms with Gasteiger partial charge in [-0.1, -0.05) is 36.4 Å². The van der Waals surface area contributed by atoms with E-state index in [4.69, 9.17) is 4.74 Å². The van der Waals surface area contributed by atoms with Gasteiger partial charge in [0.1, 0.15) is 11.8 Å². The highest BCUT2D eigenvalue weighted by Gasteiger charge is 2.21. The number of aryl methyl sites for hydroxylation is 1. The molecule has 2 aromatic carbocycles. The predicted octanol–water partition coefficient (Wildman–Crippen LogP) is 5.66. The summed E-state index contributed by atoms with van der Waals surface area (Å²) in [5.41, 5.74) is 2.62. The number of anilines is 1. The van der Waals surface area contributed by atoms with E-state index in [9.17, 15) is 4.79 Å². The third kappa shape index (κ3) is 5.38. The van der Waals surface area contributed by atoms with Gasteiger partial charge in [0.05, 0.1) is 22.7 Å². The third-order valence-corrected chi connectivity index (χ3v) is 6.63. The van der Waals surface area contributed by atoms with Gasteiger partial charge in [-0.05, 0) is 36.8 Å². The summed E-state index contributed by atoms with van der Waals surface area (Å²) in [7, 11) is 1.61. The van der Waals surface area contributed by atoms with E-state index in [-0.39, 0.29) is 5.91 Å². The number of carbonyl (C=O) groups excluding carboxylic acids is 1. The van der Waals surface area contributed by atoms with Crippen molar-refractivity contribution in [2.24, 2.45) is 0 Å². The summed E-state index contributed by atoms with van der Waals surface area (Å²) in [6.07, 6.45) is 0. The molecule has 1 amide bonds. The molecule has 0 radical (unpaired) electrons. The van der Waals surface area contributed by atoms with Crippen LogP contribution in [0.4, 0.5) is 5.69 Å². The van der Waals surface area contributed by atoms with Crippen LogP contribution < -0.4 is 15.4 Å². The van der Waals surface area contributed by atoms with Gasteiger partial charge in [0.2, 0.25) is 5.91 Å². The molecule has 0 saturated heterocycles. The summed E-state index contributed by atoms with van der Waals surface area (Å²) in [6, 6.07) is 20.8. The average molecular weight is 450 g/mol. The minimum Gasteiger partial charge on any atom is -0.497 e. The van der Waals surface area contributed by atoms with Crippen LogP contribution in [0.15, 0.2) is 72.1 Å². The first-order valence-corrected chi connectivity index (χ1v) is 11.6. The van der Waals surface area contributed by atoms with E-state index in [1.54, 1.807) is 35.8 Å². The molecule has 4 rings (SSSR count). The molecule has 0 fully saturated rings. The zero-order chi connectivity index (χ0) is 21.6. The molecule has 5 nitrogen and oxygen atoms in total. The highest BCUT2D eigenvalue weighted by Crippen LogP contribution is 2.29. The summed E-state index contributed by atoms with van der Waals surface area (Å²) < 4.78 is 5.26. The van der Waals surface area contributed by atoms with E-state index >= 15 is 0 Å². The van der Waals surface area contributed by atoms with E-state index in [1.807, 2.05) is 55.5 Å². The van der Waals surface area contributed by atoms with Crippen LogP contribution in [0.2, 0.25) is 0 Å². The maximum absolute atomic E-state index is 13.1. The first kappa shape index (κ1) is 21.2. The first-order valence-electron chi connectivity index (χ1n) is 9.87. The molecule has 4 aromatic rings. The smallest absolute Gasteiger partial charge is 0.246 e. The molecule has 0 aliphatic rings. The Kier molecular flexibility index (Phi) is 6.76. The molecule has 0 saturated carbocycles. The Balaban J connectivity index is 1.49. The van der Waals surface area contributed by atoms with Crippen LogP contribution in [0, 0.1) is 6.92 Å². The molecule has 31 heavy (non-hydrogen) atoms. The number of nitrogens with one attached hydrogen (secondary N) is 2. The van der Waals surface area contributed by atoms with Crippen LogP contribution in [0.3, 0.4) is 0 Å². The number of nitrogens with zero attached hydrogens (tertiary/aromatic N) is 1. The number of benzene rings is 2. The van der Waals surface area contributed by atoms with Gasteiger partial charge in [-0.3, -0.25) is 10.1 Å². The lowest BCUT2D eigenvalue weighted by atomic mass is 10.1. The number of amides is 1. The maximum atomic E-state index is 13.1. The number of carbonyl (C=O) groups is 1. The molecular weight excluding hydrogens is 426 g/mol. The molecule has 7 heteroatoms. The monoisotopic (exact) mass is 449 g/mol. The lowest BCUT2D eigenvalue weighted by Gasteiger charge is -2.19. The van der Waals surface area contributed by atoms with Crippen LogP contribution in [-0.4, -0.2) is 18.0 Å². The van der Waals surface area contributed by atoms with Crippen molar-refractivity contribution in [3.63, 3.8) is 0 Å². The highest BCUT2D eigenvalue weighted by atomic mass is 32.1. The van der Waals surface area contributed by atoms with Crippen LogP contribution >= 0.6 is 22.7 Å². The van der Waals surface area contributed by atoms with Crippen molar-refractivity contribution in [2.45, 2.75) is 19.5 Å². The Morgan fingerprint density at radius 1 is 1.10 bits per heavy atom. The fourth-order valence-corrected chi connectivity index (χ4v) is 4.82. The van der Waals surface area contributed by atoms with Crippen molar-refractivity contribution in [3.8, 4) is 16.3 Å². The van der Waals surface area contributed by atoms with Crippen molar-refractivity contribution in [2.75, 3.05) is 12.4 Å². The third-order valence-electron chi connectivity index (χ3n) is 4.75. The molecule has 2 N–H and O–H groups in total. The van der Waals surface area contributed by atoms with Crippen molar-refractivity contribution in [1.82, 2.24) is 10.3 Å². The lowest BCUT2D eigenvalue weighted by molar-refractivity contribution is -0.118. The van der Waals surface area contributed by atoms with Gasteiger partial charge in [-0.2, -0.15) is 0 Å². The second kappa shape index (κ2) is 9.87. The standard InChI is InChI=1S/C24H23N3O2S2/c1-16-26-21(15-30-16)22-12-11-20(31-22)14-25-23(17-7-4-3-5-8-17)24(28)27-18-9-6-10-19(13-18)29-2/h3-13,15,23,25H,14H2,1-2H3,(H,27,28). The number of thiazole rings is 1. The summed E-state index contributed by atoms with van der Waals surface area (Å²) in [5.74, 6) is 0.580. The topological polar surface area (TPSA) is 63.2 Å². The van der Waals surface area contributed by atoms with Gasteiger partial charge in [-0.25, -0.2) is 4.98 Å². The Bertz CT molecular complexity index is 1150. The van der Waals surface area contributed by atoms with E-state index < -0.39 is 6.04 Å². The molecule has 0 aliphatic heterocycles. The second-order valence-electron chi connectivity index (χ2n) is 6.96. The van der Waals surface area contributed by atoms with Crippen molar-refractivity contribution in [3.05, 3.63) is 87.6 Å². The molecular formula is C24H23N3O2S2. The molecule has 2 aromatic heterocycles. The molecule has 1 atom stereocenters. The SMILES string of the molecule is COc1cccc(NC(=O)C(NCc2ccc(-c3csc(C)n3)s2)c2ccccc2)c1. The zero-order valence-electron chi connectivity index (χ0n) is 17.3. The van der Waals surface area contributed by atoms with Gasteiger partial charge in [0.25, 0.3) is 0 Å². The van der Waals surface area contributed by atoms with E-state index in [0.717, 1.165) is 26.0 Å². The van der Waals surface area contributed by atoms with E-state index in [2.05, 4.69) is 33.1 Å². The van der Waals surface area contributed by atoms with Crippen molar-refractivity contribution >= 4 is 34.3 Å². The minimum atomic E-state index is -0.487. The van der Waals surface area contributed by atoms with Crippen molar-refractivity contribution < 1.29 is 9.53 Å². The second-order valence-corrected chi connectivity index (χ2v) is 9.19. The van der Waals surface area contributed by atoms with E-state index in [0.29, 0.717) is 18.0 Å². The summed E-state index contributed by atoms with van der Waals surface area (Å²) in [5, 5.41) is 9.55. The summed E-state index contributed by atoms with van der Waals surface area (Å²) in [6.45, 7) is 2.59. The summed E-state index contributed by atoms with van der Waals surface area (Å²) >= 11 is 3.34. The number of hydrogen-bond acceptors (Lipinski definition) is 6. The molecule has 0 spiro atoms. The molecule has 0 bridgehead atoms. The molecule has 0 aliphatic carbocycles. The Labute approximate surface area is 189 Å². The molecule has 2 heterocycles. The largest absolute Gasteiger partial charge is 0.497 e. The number of thiophene rings is 1. The van der Waals surface area contributed by atoms with Crippen LogP contribution in [0.5, 0.6) is 5.75 Å². The summed E-state index contributed by atoms with van der Waals surface area (Å²) in [4.78, 5) is 20.0. The predicted molar refractivity (Wildman–Crippen MR) is 128 cm³/mol. The Hall–Kier alpha value is -3.00. The van der Waals surface area contributed by atoms with E-state index in [1.165, 1.54) is 0 Å². The van der Waals surface area contributed by atoms with Gasteiger partial charge < -0.3 is 10.1 Å².